The molecule has 0 N–H and O–H groups in total. The first-order valence-electron chi connectivity index (χ1n) is 6.36. The summed E-state index contributed by atoms with van der Waals surface area (Å²) in [5.41, 5.74) is 3.83. The van der Waals surface area contributed by atoms with E-state index >= 15 is 0 Å². The van der Waals surface area contributed by atoms with E-state index in [1.54, 1.807) is 0 Å². The van der Waals surface area contributed by atoms with Gasteiger partial charge in [-0.1, -0.05) is 30.3 Å². The Morgan fingerprint density at radius 2 is 2.05 bits per heavy atom. The molecule has 2 aromatic rings. The van der Waals surface area contributed by atoms with Crippen LogP contribution in [0.3, 0.4) is 0 Å². The molecule has 0 unspecified atom stereocenters. The van der Waals surface area contributed by atoms with Crippen molar-refractivity contribution in [3.63, 3.8) is 0 Å². The number of rotatable bonds is 2. The van der Waals surface area contributed by atoms with Crippen LogP contribution in [-0.2, 0) is 19.5 Å². The van der Waals surface area contributed by atoms with Gasteiger partial charge in [0.25, 0.3) is 0 Å². The minimum atomic E-state index is 0.516. The van der Waals surface area contributed by atoms with E-state index in [2.05, 4.69) is 45.2 Å². The molecule has 4 heteroatoms. The Bertz CT molecular complexity index is 616. The Morgan fingerprint density at radius 3 is 2.84 bits per heavy atom. The summed E-state index contributed by atoms with van der Waals surface area (Å²) in [6, 6.07) is 12.5. The molecular formula is C15H14N4. The van der Waals surface area contributed by atoms with Crippen LogP contribution >= 0.6 is 0 Å². The molecular weight excluding hydrogens is 236 g/mol. The van der Waals surface area contributed by atoms with Crippen LogP contribution in [0.5, 0.6) is 0 Å². The largest absolute Gasteiger partial charge is 0.294 e. The van der Waals surface area contributed by atoms with E-state index in [0.717, 1.165) is 37.3 Å². The molecule has 4 nitrogen and oxygen atoms in total. The number of nitrogens with zero attached hydrogens (tertiary/aromatic N) is 4. The van der Waals surface area contributed by atoms with E-state index in [-0.39, 0.29) is 0 Å². The summed E-state index contributed by atoms with van der Waals surface area (Å²) in [4.78, 5) is 10.7. The van der Waals surface area contributed by atoms with Crippen LogP contribution in [0, 0.1) is 11.3 Å². The maximum absolute atomic E-state index is 9.11. The third-order valence-electron chi connectivity index (χ3n) is 3.44. The van der Waals surface area contributed by atoms with Crippen LogP contribution in [0.25, 0.3) is 0 Å². The van der Waals surface area contributed by atoms with E-state index in [0.29, 0.717) is 5.69 Å². The maximum atomic E-state index is 9.11. The van der Waals surface area contributed by atoms with E-state index in [1.807, 2.05) is 6.07 Å². The SMILES string of the molecule is N#Cc1ncnc2c1CN(Cc1ccccc1)CC2. The molecule has 0 radical (unpaired) electrons. The topological polar surface area (TPSA) is 52.8 Å². The fourth-order valence-electron chi connectivity index (χ4n) is 2.47. The van der Waals surface area contributed by atoms with Crippen LogP contribution in [0.1, 0.15) is 22.5 Å². The summed E-state index contributed by atoms with van der Waals surface area (Å²) in [5.74, 6) is 0. The van der Waals surface area contributed by atoms with Gasteiger partial charge in [-0.05, 0) is 5.56 Å². The third kappa shape index (κ3) is 2.47. The van der Waals surface area contributed by atoms with E-state index in [4.69, 9.17) is 5.26 Å². The summed E-state index contributed by atoms with van der Waals surface area (Å²) in [6.45, 7) is 2.64. The zero-order valence-electron chi connectivity index (χ0n) is 10.6. The number of hydrogen-bond acceptors (Lipinski definition) is 4. The van der Waals surface area contributed by atoms with E-state index < -0.39 is 0 Å². The Hall–Kier alpha value is -2.25. The molecule has 1 aliphatic rings. The molecule has 2 heterocycles. The van der Waals surface area contributed by atoms with Gasteiger partial charge >= 0.3 is 0 Å². The van der Waals surface area contributed by atoms with Gasteiger partial charge in [-0.2, -0.15) is 5.26 Å². The van der Waals surface area contributed by atoms with Gasteiger partial charge in [-0.25, -0.2) is 9.97 Å². The van der Waals surface area contributed by atoms with Crippen LogP contribution in [0.15, 0.2) is 36.7 Å². The normalized spacial score (nSPS) is 14.7. The fourth-order valence-corrected chi connectivity index (χ4v) is 2.47. The fraction of sp³-hybridized carbons (Fsp3) is 0.267. The molecule has 0 saturated carbocycles. The molecule has 1 aromatic carbocycles. The summed E-state index contributed by atoms with van der Waals surface area (Å²) < 4.78 is 0. The van der Waals surface area contributed by atoms with Crippen molar-refractivity contribution in [2.75, 3.05) is 6.54 Å². The Balaban J connectivity index is 1.81. The van der Waals surface area contributed by atoms with E-state index in [1.165, 1.54) is 11.9 Å². The molecule has 94 valence electrons. The first-order valence-corrected chi connectivity index (χ1v) is 6.36. The second-order valence-electron chi connectivity index (χ2n) is 4.71. The van der Waals surface area contributed by atoms with E-state index in [9.17, 15) is 0 Å². The van der Waals surface area contributed by atoms with Gasteiger partial charge in [0.1, 0.15) is 18.1 Å². The number of benzene rings is 1. The molecule has 1 aliphatic heterocycles. The smallest absolute Gasteiger partial charge is 0.148 e. The van der Waals surface area contributed by atoms with Crippen molar-refractivity contribution >= 4 is 0 Å². The standard InChI is InChI=1S/C15H14N4/c16-8-15-13-10-19(7-6-14(13)17-11-18-15)9-12-4-2-1-3-5-12/h1-5,11H,6-7,9-10H2. The molecule has 0 bridgehead atoms. The second-order valence-corrected chi connectivity index (χ2v) is 4.71. The summed E-state index contributed by atoms with van der Waals surface area (Å²) in [6.07, 6.45) is 2.38. The van der Waals surface area contributed by atoms with Gasteiger partial charge in [0.05, 0.1) is 5.69 Å². The Morgan fingerprint density at radius 1 is 1.21 bits per heavy atom. The minimum absolute atomic E-state index is 0.516. The first kappa shape index (κ1) is 11.8. The van der Waals surface area contributed by atoms with Crippen molar-refractivity contribution in [3.05, 3.63) is 59.2 Å². The lowest BCUT2D eigenvalue weighted by Crippen LogP contribution is -2.31. The predicted octanol–water partition coefficient (Wildman–Crippen LogP) is 1.91. The quantitative estimate of drug-likeness (QED) is 0.817. The summed E-state index contributed by atoms with van der Waals surface area (Å²) in [5, 5.41) is 9.11. The van der Waals surface area contributed by atoms with Gasteiger partial charge in [-0.15, -0.1) is 0 Å². The molecule has 3 rings (SSSR count). The van der Waals surface area contributed by atoms with Gasteiger partial charge in [0.2, 0.25) is 0 Å². The van der Waals surface area contributed by atoms with Crippen LogP contribution in [0.2, 0.25) is 0 Å². The number of hydrogen-bond donors (Lipinski definition) is 0. The second kappa shape index (κ2) is 5.17. The number of aromatic nitrogens is 2. The molecule has 0 amide bonds. The predicted molar refractivity (Wildman–Crippen MR) is 71.0 cm³/mol. The number of fused-ring (bicyclic) bond motifs is 1. The van der Waals surface area contributed by atoms with Gasteiger partial charge in [-0.3, -0.25) is 4.90 Å². The van der Waals surface area contributed by atoms with Gasteiger partial charge < -0.3 is 0 Å². The van der Waals surface area contributed by atoms with Crippen LogP contribution < -0.4 is 0 Å². The first-order chi connectivity index (χ1) is 9.36. The van der Waals surface area contributed by atoms with Crippen molar-refractivity contribution in [3.8, 4) is 6.07 Å². The molecule has 0 aliphatic carbocycles. The van der Waals surface area contributed by atoms with Crippen molar-refractivity contribution in [1.29, 1.82) is 5.26 Å². The molecule has 19 heavy (non-hydrogen) atoms. The number of nitriles is 1. The van der Waals surface area contributed by atoms with Crippen LogP contribution in [0.4, 0.5) is 0 Å². The minimum Gasteiger partial charge on any atom is -0.294 e. The molecule has 1 aromatic heterocycles. The van der Waals surface area contributed by atoms with Gasteiger partial charge in [0.15, 0.2) is 0 Å². The highest BCUT2D eigenvalue weighted by molar-refractivity contribution is 5.35. The molecule has 0 atom stereocenters. The lowest BCUT2D eigenvalue weighted by Gasteiger charge is -2.28. The average Bonchev–Trinajstić information content (AvgIpc) is 2.47. The maximum Gasteiger partial charge on any atom is 0.148 e. The third-order valence-corrected chi connectivity index (χ3v) is 3.44. The molecule has 0 fully saturated rings. The van der Waals surface area contributed by atoms with Crippen molar-refractivity contribution in [2.24, 2.45) is 0 Å². The zero-order chi connectivity index (χ0) is 13.1. The Labute approximate surface area is 112 Å². The summed E-state index contributed by atoms with van der Waals surface area (Å²) >= 11 is 0. The lowest BCUT2D eigenvalue weighted by atomic mass is 10.0. The van der Waals surface area contributed by atoms with Crippen molar-refractivity contribution in [1.82, 2.24) is 14.9 Å². The van der Waals surface area contributed by atoms with Crippen LogP contribution in [-0.4, -0.2) is 21.4 Å². The van der Waals surface area contributed by atoms with Crippen molar-refractivity contribution in [2.45, 2.75) is 19.5 Å². The lowest BCUT2D eigenvalue weighted by molar-refractivity contribution is 0.242. The molecule has 0 spiro atoms. The zero-order valence-corrected chi connectivity index (χ0v) is 10.6. The highest BCUT2D eigenvalue weighted by Gasteiger charge is 2.20. The average molecular weight is 250 g/mol. The highest BCUT2D eigenvalue weighted by Crippen LogP contribution is 2.20. The van der Waals surface area contributed by atoms with Gasteiger partial charge in [0, 0.05) is 31.6 Å². The summed E-state index contributed by atoms with van der Waals surface area (Å²) in [7, 11) is 0. The van der Waals surface area contributed by atoms with Crippen molar-refractivity contribution < 1.29 is 0 Å². The Kier molecular flexibility index (Phi) is 3.21. The molecule has 0 saturated heterocycles. The highest BCUT2D eigenvalue weighted by atomic mass is 15.1. The monoisotopic (exact) mass is 250 g/mol.